The zero-order valence-corrected chi connectivity index (χ0v) is 10.8. The molecule has 1 aliphatic rings. The van der Waals surface area contributed by atoms with Crippen LogP contribution in [0.2, 0.25) is 0 Å². The van der Waals surface area contributed by atoms with Crippen molar-refractivity contribution in [3.05, 3.63) is 18.3 Å². The van der Waals surface area contributed by atoms with Crippen LogP contribution in [0.3, 0.4) is 0 Å². The van der Waals surface area contributed by atoms with E-state index in [1.54, 1.807) is 0 Å². The lowest BCUT2D eigenvalue weighted by Crippen LogP contribution is -2.39. The molecule has 0 amide bonds. The van der Waals surface area contributed by atoms with Gasteiger partial charge < -0.3 is 15.5 Å². The number of rotatable bonds is 2. The van der Waals surface area contributed by atoms with Gasteiger partial charge in [0.2, 0.25) is 0 Å². The van der Waals surface area contributed by atoms with Gasteiger partial charge >= 0.3 is 0 Å². The van der Waals surface area contributed by atoms with Gasteiger partial charge in [-0.25, -0.2) is 4.98 Å². The molecule has 1 atom stereocenters. The van der Waals surface area contributed by atoms with E-state index in [4.69, 9.17) is 5.73 Å². The van der Waals surface area contributed by atoms with E-state index in [1.807, 2.05) is 12.3 Å². The predicted octanol–water partition coefficient (Wildman–Crippen LogP) is 1.58. The second kappa shape index (κ2) is 5.36. The van der Waals surface area contributed by atoms with E-state index >= 15 is 0 Å². The highest BCUT2D eigenvalue weighted by Gasteiger charge is 2.22. The van der Waals surface area contributed by atoms with E-state index in [9.17, 15) is 0 Å². The van der Waals surface area contributed by atoms with Crippen molar-refractivity contribution in [2.45, 2.75) is 25.8 Å². The molecule has 4 heteroatoms. The molecule has 0 radical (unpaired) electrons. The van der Waals surface area contributed by atoms with E-state index < -0.39 is 0 Å². The standard InChI is InChI=1S/C13H22N4/c1-3-11-10-16(2)7-4-8-17(11)12-5-6-13(14)15-9-12/h5-6,9,11H,3-4,7-8,10H2,1-2H3,(H2,14,15). The number of nitrogens with zero attached hydrogens (tertiary/aromatic N) is 3. The monoisotopic (exact) mass is 234 g/mol. The van der Waals surface area contributed by atoms with E-state index in [0.29, 0.717) is 11.9 Å². The fraction of sp³-hybridized carbons (Fsp3) is 0.615. The molecule has 2 heterocycles. The van der Waals surface area contributed by atoms with Gasteiger partial charge in [-0.2, -0.15) is 0 Å². The first-order valence-electron chi connectivity index (χ1n) is 6.37. The molecule has 94 valence electrons. The Bertz CT molecular complexity index is 349. The minimum Gasteiger partial charge on any atom is -0.384 e. The molecule has 1 fully saturated rings. The summed E-state index contributed by atoms with van der Waals surface area (Å²) in [5.74, 6) is 0.591. The van der Waals surface area contributed by atoms with E-state index in [1.165, 1.54) is 18.7 Å². The van der Waals surface area contributed by atoms with Crippen LogP contribution in [0, 0.1) is 0 Å². The molecule has 1 aliphatic heterocycles. The summed E-state index contributed by atoms with van der Waals surface area (Å²) in [5.41, 5.74) is 6.83. The summed E-state index contributed by atoms with van der Waals surface area (Å²) in [7, 11) is 2.20. The first-order valence-corrected chi connectivity index (χ1v) is 6.37. The van der Waals surface area contributed by atoms with Crippen LogP contribution in [0.25, 0.3) is 0 Å². The number of aromatic nitrogens is 1. The molecular weight excluding hydrogens is 212 g/mol. The Labute approximate surface area is 103 Å². The van der Waals surface area contributed by atoms with Gasteiger partial charge in [0.25, 0.3) is 0 Å². The third-order valence-electron chi connectivity index (χ3n) is 3.48. The van der Waals surface area contributed by atoms with Gasteiger partial charge in [0.1, 0.15) is 5.82 Å². The van der Waals surface area contributed by atoms with Crippen LogP contribution < -0.4 is 10.6 Å². The second-order valence-electron chi connectivity index (χ2n) is 4.81. The van der Waals surface area contributed by atoms with Crippen molar-refractivity contribution in [1.29, 1.82) is 0 Å². The Kier molecular flexibility index (Phi) is 3.84. The van der Waals surface area contributed by atoms with E-state index in [2.05, 4.69) is 34.8 Å². The highest BCUT2D eigenvalue weighted by atomic mass is 15.2. The molecule has 4 nitrogen and oxygen atoms in total. The summed E-state index contributed by atoms with van der Waals surface area (Å²) >= 11 is 0. The molecule has 1 unspecified atom stereocenters. The quantitative estimate of drug-likeness (QED) is 0.844. The smallest absolute Gasteiger partial charge is 0.123 e. The van der Waals surface area contributed by atoms with Crippen molar-refractivity contribution in [1.82, 2.24) is 9.88 Å². The summed E-state index contributed by atoms with van der Waals surface area (Å²) < 4.78 is 0. The second-order valence-corrected chi connectivity index (χ2v) is 4.81. The minimum absolute atomic E-state index is 0.577. The SMILES string of the molecule is CCC1CN(C)CCCN1c1ccc(N)nc1. The van der Waals surface area contributed by atoms with Gasteiger partial charge in [0.05, 0.1) is 11.9 Å². The number of likely N-dealkylation sites (N-methyl/N-ethyl adjacent to an activating group) is 1. The van der Waals surface area contributed by atoms with Gasteiger partial charge in [0.15, 0.2) is 0 Å². The number of nitrogen functional groups attached to an aromatic ring is 1. The van der Waals surface area contributed by atoms with Crippen molar-refractivity contribution in [2.75, 3.05) is 37.3 Å². The molecule has 1 saturated heterocycles. The van der Waals surface area contributed by atoms with Gasteiger partial charge in [-0.1, -0.05) is 6.92 Å². The topological polar surface area (TPSA) is 45.4 Å². The Balaban J connectivity index is 2.19. The zero-order valence-electron chi connectivity index (χ0n) is 10.8. The van der Waals surface area contributed by atoms with Crippen molar-refractivity contribution < 1.29 is 0 Å². The lowest BCUT2D eigenvalue weighted by atomic mass is 10.1. The summed E-state index contributed by atoms with van der Waals surface area (Å²) in [6, 6.07) is 4.54. The molecular formula is C13H22N4. The molecule has 2 rings (SSSR count). The number of hydrogen-bond donors (Lipinski definition) is 1. The first-order chi connectivity index (χ1) is 8.20. The van der Waals surface area contributed by atoms with Crippen LogP contribution in [-0.2, 0) is 0 Å². The summed E-state index contributed by atoms with van der Waals surface area (Å²) in [6.07, 6.45) is 4.26. The average molecular weight is 234 g/mol. The third-order valence-corrected chi connectivity index (χ3v) is 3.48. The lowest BCUT2D eigenvalue weighted by Gasteiger charge is -2.32. The van der Waals surface area contributed by atoms with Crippen LogP contribution in [0.1, 0.15) is 19.8 Å². The predicted molar refractivity (Wildman–Crippen MR) is 72.2 cm³/mol. The molecule has 0 spiro atoms. The van der Waals surface area contributed by atoms with Crippen molar-refractivity contribution in [2.24, 2.45) is 0 Å². The van der Waals surface area contributed by atoms with Crippen LogP contribution >= 0.6 is 0 Å². The fourth-order valence-corrected chi connectivity index (χ4v) is 2.50. The normalized spacial score (nSPS) is 22.5. The average Bonchev–Trinajstić information content (AvgIpc) is 2.52. The summed E-state index contributed by atoms with van der Waals surface area (Å²) in [4.78, 5) is 9.08. The van der Waals surface area contributed by atoms with Crippen LogP contribution in [0.15, 0.2) is 18.3 Å². The maximum absolute atomic E-state index is 5.64. The van der Waals surface area contributed by atoms with Crippen LogP contribution in [-0.4, -0.2) is 42.6 Å². The third kappa shape index (κ3) is 2.88. The Hall–Kier alpha value is -1.29. The van der Waals surface area contributed by atoms with Gasteiger partial charge in [0, 0.05) is 19.1 Å². The van der Waals surface area contributed by atoms with Crippen molar-refractivity contribution >= 4 is 11.5 Å². The number of nitrogens with two attached hydrogens (primary N) is 1. The maximum atomic E-state index is 5.64. The summed E-state index contributed by atoms with van der Waals surface area (Å²) in [6.45, 7) is 5.66. The highest BCUT2D eigenvalue weighted by molar-refractivity contribution is 5.49. The van der Waals surface area contributed by atoms with Crippen molar-refractivity contribution in [3.8, 4) is 0 Å². The largest absolute Gasteiger partial charge is 0.384 e. The molecule has 0 bridgehead atoms. The first kappa shape index (κ1) is 12.2. The molecule has 0 aliphatic carbocycles. The van der Waals surface area contributed by atoms with Gasteiger partial charge in [-0.15, -0.1) is 0 Å². The van der Waals surface area contributed by atoms with Crippen molar-refractivity contribution in [3.63, 3.8) is 0 Å². The van der Waals surface area contributed by atoms with Crippen LogP contribution in [0.5, 0.6) is 0 Å². The number of anilines is 2. The Morgan fingerprint density at radius 3 is 2.88 bits per heavy atom. The molecule has 0 aromatic carbocycles. The Morgan fingerprint density at radius 2 is 2.24 bits per heavy atom. The highest BCUT2D eigenvalue weighted by Crippen LogP contribution is 2.21. The summed E-state index contributed by atoms with van der Waals surface area (Å²) in [5, 5.41) is 0. The molecule has 1 aromatic heterocycles. The van der Waals surface area contributed by atoms with Gasteiger partial charge in [-0.3, -0.25) is 0 Å². The number of hydrogen-bond acceptors (Lipinski definition) is 4. The van der Waals surface area contributed by atoms with Gasteiger partial charge in [-0.05, 0) is 38.6 Å². The molecule has 2 N–H and O–H groups in total. The van der Waals surface area contributed by atoms with E-state index in [-0.39, 0.29) is 0 Å². The molecule has 0 saturated carbocycles. The maximum Gasteiger partial charge on any atom is 0.123 e. The van der Waals surface area contributed by atoms with E-state index in [0.717, 1.165) is 19.5 Å². The fourth-order valence-electron chi connectivity index (χ4n) is 2.50. The van der Waals surface area contributed by atoms with Crippen LogP contribution in [0.4, 0.5) is 11.5 Å². The lowest BCUT2D eigenvalue weighted by molar-refractivity contribution is 0.328. The molecule has 17 heavy (non-hydrogen) atoms. The number of pyridine rings is 1. The Morgan fingerprint density at radius 1 is 1.41 bits per heavy atom. The zero-order chi connectivity index (χ0) is 12.3. The molecule has 1 aromatic rings. The minimum atomic E-state index is 0.577.